The van der Waals surface area contributed by atoms with Crippen molar-refractivity contribution in [3.05, 3.63) is 70.2 Å². The summed E-state index contributed by atoms with van der Waals surface area (Å²) in [6.45, 7) is 0. The first-order valence-electron chi connectivity index (χ1n) is 6.44. The predicted octanol–water partition coefficient (Wildman–Crippen LogP) is 3.99. The highest BCUT2D eigenvalue weighted by Gasteiger charge is 2.12. The van der Waals surface area contributed by atoms with Gasteiger partial charge in [-0.05, 0) is 55.3 Å². The van der Waals surface area contributed by atoms with E-state index >= 15 is 0 Å². The second-order valence-corrected chi connectivity index (χ2v) is 5.19. The lowest BCUT2D eigenvalue weighted by Crippen LogP contribution is -2.30. The quantitative estimate of drug-likeness (QED) is 0.879. The molecule has 2 rings (SSSR count). The van der Waals surface area contributed by atoms with E-state index < -0.39 is 0 Å². The molecule has 0 aliphatic rings. The van der Waals surface area contributed by atoms with E-state index in [9.17, 15) is 8.78 Å². The first-order valence-corrected chi connectivity index (χ1v) is 6.82. The molecule has 0 saturated carbocycles. The van der Waals surface area contributed by atoms with Crippen LogP contribution in [0, 0.1) is 11.6 Å². The minimum absolute atomic E-state index is 0.0798. The molecule has 2 aromatic rings. The third kappa shape index (κ3) is 4.02. The molecule has 106 valence electrons. The minimum Gasteiger partial charge on any atom is -0.316 e. The van der Waals surface area contributed by atoms with Crippen LogP contribution in [0.25, 0.3) is 0 Å². The van der Waals surface area contributed by atoms with Crippen LogP contribution in [-0.4, -0.2) is 13.1 Å². The van der Waals surface area contributed by atoms with Crippen LogP contribution in [0.1, 0.15) is 11.1 Å². The molecule has 1 unspecified atom stereocenters. The van der Waals surface area contributed by atoms with Gasteiger partial charge in [-0.15, -0.1) is 0 Å². The Hall–Kier alpha value is -1.45. The van der Waals surface area contributed by atoms with E-state index in [-0.39, 0.29) is 17.7 Å². The number of benzene rings is 2. The van der Waals surface area contributed by atoms with Gasteiger partial charge >= 0.3 is 0 Å². The van der Waals surface area contributed by atoms with E-state index in [2.05, 4.69) is 5.32 Å². The molecule has 0 aliphatic carbocycles. The van der Waals surface area contributed by atoms with E-state index in [0.29, 0.717) is 23.4 Å². The summed E-state index contributed by atoms with van der Waals surface area (Å²) >= 11 is 5.74. The summed E-state index contributed by atoms with van der Waals surface area (Å²) in [5.41, 5.74) is 1.64. The Morgan fingerprint density at radius 2 is 1.75 bits per heavy atom. The van der Waals surface area contributed by atoms with Gasteiger partial charge in [-0.1, -0.05) is 29.8 Å². The topological polar surface area (TPSA) is 12.0 Å². The molecule has 0 saturated heterocycles. The lowest BCUT2D eigenvalue weighted by atomic mass is 9.99. The van der Waals surface area contributed by atoms with Gasteiger partial charge in [-0.2, -0.15) is 0 Å². The first kappa shape index (κ1) is 14.9. The number of rotatable bonds is 5. The number of halogens is 3. The van der Waals surface area contributed by atoms with Crippen LogP contribution in [0.5, 0.6) is 0 Å². The van der Waals surface area contributed by atoms with Crippen molar-refractivity contribution in [3.8, 4) is 0 Å². The summed E-state index contributed by atoms with van der Waals surface area (Å²) in [5, 5.41) is 3.56. The van der Waals surface area contributed by atoms with Crippen LogP contribution in [0.4, 0.5) is 8.78 Å². The van der Waals surface area contributed by atoms with Crippen molar-refractivity contribution in [2.24, 2.45) is 0 Å². The summed E-state index contributed by atoms with van der Waals surface area (Å²) in [6.07, 6.45) is 1.26. The van der Waals surface area contributed by atoms with E-state index in [1.54, 1.807) is 24.3 Å². The lowest BCUT2D eigenvalue weighted by Gasteiger charge is -2.17. The number of likely N-dealkylation sites (N-methyl/N-ethyl adjacent to an activating group) is 1. The minimum atomic E-state index is -0.295. The van der Waals surface area contributed by atoms with Crippen molar-refractivity contribution >= 4 is 11.6 Å². The van der Waals surface area contributed by atoms with E-state index in [1.807, 2.05) is 7.05 Å². The molecule has 0 radical (unpaired) electrons. The Morgan fingerprint density at radius 1 is 1.05 bits per heavy atom. The molecule has 0 aromatic heterocycles. The molecule has 0 amide bonds. The largest absolute Gasteiger partial charge is 0.316 e. The van der Waals surface area contributed by atoms with Crippen molar-refractivity contribution in [1.29, 1.82) is 0 Å². The molecule has 0 aliphatic heterocycles. The van der Waals surface area contributed by atoms with E-state index in [4.69, 9.17) is 11.6 Å². The maximum atomic E-state index is 13.8. The molecule has 0 fully saturated rings. The number of hydrogen-bond donors (Lipinski definition) is 1. The highest BCUT2D eigenvalue weighted by Crippen LogP contribution is 2.17. The average Bonchev–Trinajstić information content (AvgIpc) is 2.43. The molecule has 1 atom stereocenters. The van der Waals surface area contributed by atoms with Crippen LogP contribution in [0.2, 0.25) is 5.02 Å². The second kappa shape index (κ2) is 6.82. The van der Waals surface area contributed by atoms with Gasteiger partial charge in [-0.25, -0.2) is 8.78 Å². The molecule has 0 heterocycles. The van der Waals surface area contributed by atoms with Gasteiger partial charge in [-0.3, -0.25) is 0 Å². The van der Waals surface area contributed by atoms with Gasteiger partial charge in [0.05, 0.1) is 0 Å². The van der Waals surface area contributed by atoms with Crippen molar-refractivity contribution in [2.75, 3.05) is 7.05 Å². The summed E-state index contributed by atoms with van der Waals surface area (Å²) in [6, 6.07) is 11.2. The van der Waals surface area contributed by atoms with Crippen molar-refractivity contribution in [2.45, 2.75) is 18.9 Å². The van der Waals surface area contributed by atoms with Crippen LogP contribution in [0.3, 0.4) is 0 Å². The van der Waals surface area contributed by atoms with Crippen LogP contribution in [-0.2, 0) is 12.8 Å². The van der Waals surface area contributed by atoms with Gasteiger partial charge < -0.3 is 5.32 Å². The zero-order chi connectivity index (χ0) is 14.5. The highest BCUT2D eigenvalue weighted by atomic mass is 35.5. The summed E-state index contributed by atoms with van der Waals surface area (Å²) in [7, 11) is 1.84. The molecular weight excluding hydrogens is 280 g/mol. The zero-order valence-corrected chi connectivity index (χ0v) is 11.9. The summed E-state index contributed by atoms with van der Waals surface area (Å²) < 4.78 is 26.6. The fourth-order valence-corrected chi connectivity index (χ4v) is 2.29. The maximum absolute atomic E-state index is 13.8. The zero-order valence-electron chi connectivity index (χ0n) is 11.2. The van der Waals surface area contributed by atoms with Crippen molar-refractivity contribution < 1.29 is 8.78 Å². The van der Waals surface area contributed by atoms with Crippen LogP contribution >= 0.6 is 11.6 Å². The normalized spacial score (nSPS) is 12.4. The summed E-state index contributed by atoms with van der Waals surface area (Å²) in [4.78, 5) is 0. The first-order chi connectivity index (χ1) is 9.58. The van der Waals surface area contributed by atoms with Crippen LogP contribution < -0.4 is 5.32 Å². The highest BCUT2D eigenvalue weighted by molar-refractivity contribution is 6.30. The van der Waals surface area contributed by atoms with Gasteiger partial charge in [0.2, 0.25) is 0 Å². The Morgan fingerprint density at radius 3 is 2.35 bits per heavy atom. The standard InChI is InChI=1S/C16H16ClF2N/c1-20-15(8-11-2-6-14(18)7-3-11)9-12-4-5-13(17)10-16(12)19/h2-7,10,15,20H,8-9H2,1H3. The van der Waals surface area contributed by atoms with E-state index in [0.717, 1.165) is 5.56 Å². The monoisotopic (exact) mass is 295 g/mol. The summed E-state index contributed by atoms with van der Waals surface area (Å²) in [5.74, 6) is -0.546. The predicted molar refractivity (Wildman–Crippen MR) is 78.1 cm³/mol. The molecule has 2 aromatic carbocycles. The van der Waals surface area contributed by atoms with Gasteiger partial charge in [0.25, 0.3) is 0 Å². The maximum Gasteiger partial charge on any atom is 0.127 e. The molecule has 4 heteroatoms. The van der Waals surface area contributed by atoms with Crippen LogP contribution in [0.15, 0.2) is 42.5 Å². The Balaban J connectivity index is 2.07. The fourth-order valence-electron chi connectivity index (χ4n) is 2.13. The fraction of sp³-hybridized carbons (Fsp3) is 0.250. The molecule has 0 spiro atoms. The Kier molecular flexibility index (Phi) is 5.10. The van der Waals surface area contributed by atoms with Gasteiger partial charge in [0.1, 0.15) is 11.6 Å². The molecular formula is C16H16ClF2N. The molecule has 20 heavy (non-hydrogen) atoms. The SMILES string of the molecule is CNC(Cc1ccc(F)cc1)Cc1ccc(Cl)cc1F. The van der Waals surface area contributed by atoms with Gasteiger partial charge in [0.15, 0.2) is 0 Å². The molecule has 1 nitrogen and oxygen atoms in total. The number of nitrogens with one attached hydrogen (secondary N) is 1. The third-order valence-corrected chi connectivity index (χ3v) is 3.52. The third-order valence-electron chi connectivity index (χ3n) is 3.29. The van der Waals surface area contributed by atoms with Crippen molar-refractivity contribution in [3.63, 3.8) is 0 Å². The van der Waals surface area contributed by atoms with Gasteiger partial charge in [0, 0.05) is 11.1 Å². The Labute approximate surface area is 122 Å². The average molecular weight is 296 g/mol. The second-order valence-electron chi connectivity index (χ2n) is 4.76. The number of hydrogen-bond acceptors (Lipinski definition) is 1. The lowest BCUT2D eigenvalue weighted by molar-refractivity contribution is 0.531. The molecule has 1 N–H and O–H groups in total. The Bertz CT molecular complexity index is 569. The van der Waals surface area contributed by atoms with E-state index in [1.165, 1.54) is 18.2 Å². The molecule has 0 bridgehead atoms. The smallest absolute Gasteiger partial charge is 0.127 e. The van der Waals surface area contributed by atoms with Crippen molar-refractivity contribution in [1.82, 2.24) is 5.32 Å².